The van der Waals surface area contributed by atoms with Crippen LogP contribution in [0.15, 0.2) is 18.2 Å². The topological polar surface area (TPSA) is 54.5 Å². The summed E-state index contributed by atoms with van der Waals surface area (Å²) in [5.41, 5.74) is -0.399. The van der Waals surface area contributed by atoms with Crippen LogP contribution in [0, 0.1) is 0 Å². The predicted octanol–water partition coefficient (Wildman–Crippen LogP) is 3.18. The van der Waals surface area contributed by atoms with Gasteiger partial charge in [0, 0.05) is 13.1 Å². The molecule has 2 aromatic rings. The molecule has 1 aromatic heterocycles. The number of benzene rings is 1. The molecule has 22 heavy (non-hydrogen) atoms. The van der Waals surface area contributed by atoms with Crippen molar-refractivity contribution < 1.29 is 22.7 Å². The molecular formula is C13H12F3N3O2S. The zero-order valence-corrected chi connectivity index (χ0v) is 12.3. The van der Waals surface area contributed by atoms with Gasteiger partial charge < -0.3 is 15.0 Å². The molecule has 1 fully saturated rings. The Balaban J connectivity index is 1.70. The Bertz CT molecular complexity index is 710. The van der Waals surface area contributed by atoms with E-state index in [1.807, 2.05) is 0 Å². The Morgan fingerprint density at radius 2 is 2.18 bits per heavy atom. The zero-order chi connectivity index (χ0) is 15.9. The summed E-state index contributed by atoms with van der Waals surface area (Å²) in [5, 5.41) is 3.66. The molecule has 0 spiro atoms. The molecule has 1 aliphatic rings. The van der Waals surface area contributed by atoms with Crippen molar-refractivity contribution in [1.82, 2.24) is 9.88 Å². The molecule has 1 aliphatic heterocycles. The van der Waals surface area contributed by atoms with Crippen LogP contribution in [0.1, 0.15) is 5.56 Å². The highest BCUT2D eigenvalue weighted by molar-refractivity contribution is 7.22. The van der Waals surface area contributed by atoms with E-state index in [9.17, 15) is 18.0 Å². The number of amides is 1. The molecule has 0 bridgehead atoms. The lowest BCUT2D eigenvalue weighted by Crippen LogP contribution is -2.56. The number of rotatable bonds is 2. The number of fused-ring (bicyclic) bond motifs is 1. The fourth-order valence-corrected chi connectivity index (χ4v) is 3.11. The second kappa shape index (κ2) is 5.31. The number of thiazole rings is 1. The van der Waals surface area contributed by atoms with Gasteiger partial charge in [-0.25, -0.2) is 9.78 Å². The number of methoxy groups -OCH3 is 1. The number of alkyl halides is 3. The molecule has 9 heteroatoms. The normalized spacial score (nSPS) is 15.7. The molecule has 2 heterocycles. The summed E-state index contributed by atoms with van der Waals surface area (Å²) in [4.78, 5) is 16.9. The van der Waals surface area contributed by atoms with Gasteiger partial charge in [0.15, 0.2) is 5.13 Å². The Morgan fingerprint density at radius 1 is 1.45 bits per heavy atom. The van der Waals surface area contributed by atoms with Gasteiger partial charge in [0.25, 0.3) is 0 Å². The highest BCUT2D eigenvalue weighted by Crippen LogP contribution is 2.34. The van der Waals surface area contributed by atoms with Crippen LogP contribution < -0.4 is 5.32 Å². The first-order valence-corrected chi connectivity index (χ1v) is 7.25. The maximum atomic E-state index is 12.7. The fraction of sp³-hybridized carbons (Fsp3) is 0.385. The summed E-state index contributed by atoms with van der Waals surface area (Å²) in [6, 6.07) is 3.54. The number of hydrogen-bond donors (Lipinski definition) is 1. The van der Waals surface area contributed by atoms with Gasteiger partial charge >= 0.3 is 12.3 Å². The Morgan fingerprint density at radius 3 is 2.82 bits per heavy atom. The number of anilines is 1. The summed E-state index contributed by atoms with van der Waals surface area (Å²) in [7, 11) is 1.31. The summed E-state index contributed by atoms with van der Waals surface area (Å²) in [6.45, 7) is 0.965. The molecular weight excluding hydrogens is 319 g/mol. The van der Waals surface area contributed by atoms with Crippen LogP contribution in [0.25, 0.3) is 10.2 Å². The third-order valence-corrected chi connectivity index (χ3v) is 4.32. The first-order chi connectivity index (χ1) is 10.4. The molecule has 1 amide bonds. The molecule has 0 aliphatic carbocycles. The van der Waals surface area contributed by atoms with Gasteiger partial charge in [0.05, 0.1) is 28.9 Å². The second-order valence-electron chi connectivity index (χ2n) is 4.92. The van der Waals surface area contributed by atoms with Crippen LogP contribution in [0.4, 0.5) is 23.1 Å². The van der Waals surface area contributed by atoms with Crippen LogP contribution >= 0.6 is 11.3 Å². The van der Waals surface area contributed by atoms with E-state index in [4.69, 9.17) is 0 Å². The van der Waals surface area contributed by atoms with E-state index in [1.54, 1.807) is 0 Å². The smallest absolute Gasteiger partial charge is 0.416 e. The molecule has 1 saturated heterocycles. The van der Waals surface area contributed by atoms with Gasteiger partial charge in [-0.05, 0) is 18.2 Å². The molecule has 3 rings (SSSR count). The van der Waals surface area contributed by atoms with E-state index < -0.39 is 17.8 Å². The number of likely N-dealkylation sites (tertiary alicyclic amines) is 1. The third-order valence-electron chi connectivity index (χ3n) is 3.36. The van der Waals surface area contributed by atoms with Crippen molar-refractivity contribution in [2.75, 3.05) is 25.5 Å². The number of hydrogen-bond acceptors (Lipinski definition) is 5. The van der Waals surface area contributed by atoms with Crippen molar-refractivity contribution in [3.05, 3.63) is 23.8 Å². The standard InChI is InChI=1S/C13H12F3N3O2S/c1-21-12(20)19-5-8(6-19)17-11-18-9-4-7(13(14,15)16)2-3-10(9)22-11/h2-4,8H,5-6H2,1H3,(H,17,18). The number of ether oxygens (including phenoxy) is 1. The Hall–Kier alpha value is -2.03. The van der Waals surface area contributed by atoms with Crippen molar-refractivity contribution in [3.8, 4) is 0 Å². The van der Waals surface area contributed by atoms with E-state index in [0.717, 1.165) is 12.1 Å². The highest BCUT2D eigenvalue weighted by atomic mass is 32.1. The van der Waals surface area contributed by atoms with Crippen molar-refractivity contribution in [2.24, 2.45) is 0 Å². The molecule has 0 radical (unpaired) electrons. The molecule has 0 atom stereocenters. The van der Waals surface area contributed by atoms with Gasteiger partial charge in [-0.3, -0.25) is 0 Å². The Labute approximate surface area is 127 Å². The monoisotopic (exact) mass is 331 g/mol. The third kappa shape index (κ3) is 2.80. The minimum absolute atomic E-state index is 0.0294. The lowest BCUT2D eigenvalue weighted by Gasteiger charge is -2.38. The van der Waals surface area contributed by atoms with Crippen LogP contribution in [0.3, 0.4) is 0 Å². The SMILES string of the molecule is COC(=O)N1CC(Nc2nc3cc(C(F)(F)F)ccc3s2)C1. The first-order valence-electron chi connectivity index (χ1n) is 6.44. The highest BCUT2D eigenvalue weighted by Gasteiger charge is 2.32. The first kappa shape index (κ1) is 14.9. The summed E-state index contributed by atoms with van der Waals surface area (Å²) >= 11 is 1.29. The van der Waals surface area contributed by atoms with Gasteiger partial charge in [-0.2, -0.15) is 13.2 Å². The van der Waals surface area contributed by atoms with Crippen LogP contribution in [-0.4, -0.2) is 42.2 Å². The van der Waals surface area contributed by atoms with Crippen molar-refractivity contribution in [1.29, 1.82) is 0 Å². The van der Waals surface area contributed by atoms with E-state index in [0.29, 0.717) is 28.4 Å². The van der Waals surface area contributed by atoms with Gasteiger partial charge in [-0.15, -0.1) is 0 Å². The summed E-state index contributed by atoms with van der Waals surface area (Å²) < 4.78 is 43.2. The Kier molecular flexibility index (Phi) is 3.59. The molecule has 0 unspecified atom stereocenters. The second-order valence-corrected chi connectivity index (χ2v) is 5.95. The van der Waals surface area contributed by atoms with E-state index >= 15 is 0 Å². The van der Waals surface area contributed by atoms with Crippen LogP contribution in [0.2, 0.25) is 0 Å². The summed E-state index contributed by atoms with van der Waals surface area (Å²) in [5.74, 6) is 0. The lowest BCUT2D eigenvalue weighted by atomic mass is 10.1. The largest absolute Gasteiger partial charge is 0.453 e. The van der Waals surface area contributed by atoms with E-state index in [2.05, 4.69) is 15.0 Å². The predicted molar refractivity (Wildman–Crippen MR) is 76.0 cm³/mol. The van der Waals surface area contributed by atoms with E-state index in [1.165, 1.54) is 29.4 Å². The average Bonchev–Trinajstić information content (AvgIpc) is 2.82. The number of aromatic nitrogens is 1. The van der Waals surface area contributed by atoms with Crippen LogP contribution in [0.5, 0.6) is 0 Å². The molecule has 1 aromatic carbocycles. The quantitative estimate of drug-likeness (QED) is 0.918. The number of halogens is 3. The lowest BCUT2D eigenvalue weighted by molar-refractivity contribution is -0.137. The molecule has 118 valence electrons. The number of carbonyl (C=O) groups is 1. The van der Waals surface area contributed by atoms with Gasteiger partial charge in [0.2, 0.25) is 0 Å². The van der Waals surface area contributed by atoms with E-state index in [-0.39, 0.29) is 6.04 Å². The number of nitrogens with zero attached hydrogens (tertiary/aromatic N) is 2. The summed E-state index contributed by atoms with van der Waals surface area (Å²) in [6.07, 6.45) is -4.77. The average molecular weight is 331 g/mol. The minimum Gasteiger partial charge on any atom is -0.453 e. The maximum Gasteiger partial charge on any atom is 0.416 e. The fourth-order valence-electron chi connectivity index (χ4n) is 2.19. The molecule has 5 nitrogen and oxygen atoms in total. The number of carbonyl (C=O) groups excluding carboxylic acids is 1. The maximum absolute atomic E-state index is 12.7. The molecule has 1 N–H and O–H groups in total. The van der Waals surface area contributed by atoms with Gasteiger partial charge in [0.1, 0.15) is 0 Å². The van der Waals surface area contributed by atoms with Crippen molar-refractivity contribution >= 4 is 32.8 Å². The minimum atomic E-state index is -4.37. The van der Waals surface area contributed by atoms with Crippen molar-refractivity contribution in [3.63, 3.8) is 0 Å². The van der Waals surface area contributed by atoms with Crippen molar-refractivity contribution in [2.45, 2.75) is 12.2 Å². The molecule has 0 saturated carbocycles. The van der Waals surface area contributed by atoms with Gasteiger partial charge in [-0.1, -0.05) is 11.3 Å². The van der Waals surface area contributed by atoms with Crippen LogP contribution in [-0.2, 0) is 10.9 Å². The zero-order valence-electron chi connectivity index (χ0n) is 11.5. The number of nitrogens with one attached hydrogen (secondary N) is 1.